The van der Waals surface area contributed by atoms with Crippen molar-refractivity contribution in [3.8, 4) is 0 Å². The maximum atomic E-state index is 3.39. The van der Waals surface area contributed by atoms with Gasteiger partial charge < -0.3 is 5.32 Å². The summed E-state index contributed by atoms with van der Waals surface area (Å²) in [6.07, 6.45) is 4.55. The van der Waals surface area contributed by atoms with Gasteiger partial charge in [0.25, 0.3) is 0 Å². The van der Waals surface area contributed by atoms with E-state index in [9.17, 15) is 0 Å². The number of hydrogen-bond donors (Lipinski definition) is 1. The summed E-state index contributed by atoms with van der Waals surface area (Å²) in [4.78, 5) is 0. The minimum Gasteiger partial charge on any atom is -0.313 e. The monoisotopic (exact) mass is 217 g/mol. The molecule has 0 radical (unpaired) electrons. The molecule has 0 bridgehead atoms. The second kappa shape index (κ2) is 7.24. The zero-order chi connectivity index (χ0) is 11.8. The summed E-state index contributed by atoms with van der Waals surface area (Å²) in [6, 6.07) is 8.66. The fourth-order valence-corrected chi connectivity index (χ4v) is 1.78. The molecule has 1 rings (SSSR count). The number of aryl methyl sites for hydroxylation is 1. The molecule has 1 heteroatoms. The predicted octanol–water partition coefficient (Wildman–Crippen LogP) is 3.65. The molecule has 1 nitrogen and oxygen atoms in total. The lowest BCUT2D eigenvalue weighted by atomic mass is 10.0. The van der Waals surface area contributed by atoms with Crippen LogP contribution in [0.3, 0.4) is 0 Å². The highest BCUT2D eigenvalue weighted by Gasteiger charge is 1.98. The third-order valence-corrected chi connectivity index (χ3v) is 2.85. The van der Waals surface area contributed by atoms with Crippen molar-refractivity contribution < 1.29 is 0 Å². The number of nitrogens with one attached hydrogen (secondary N) is 1. The molecule has 0 aliphatic rings. The first-order valence-corrected chi connectivity index (χ1v) is 6.29. The van der Waals surface area contributed by atoms with Crippen LogP contribution in [0.15, 0.2) is 29.8 Å². The van der Waals surface area contributed by atoms with Gasteiger partial charge in [-0.25, -0.2) is 0 Å². The Balaban J connectivity index is 2.85. The van der Waals surface area contributed by atoms with Crippen LogP contribution in [0.25, 0.3) is 6.08 Å². The first kappa shape index (κ1) is 13.0. The molecule has 0 aliphatic carbocycles. The molecule has 0 amide bonds. The van der Waals surface area contributed by atoms with Crippen LogP contribution in [0.2, 0.25) is 0 Å². The van der Waals surface area contributed by atoms with Crippen molar-refractivity contribution in [1.82, 2.24) is 5.32 Å². The maximum Gasteiger partial charge on any atom is 0.0167 e. The van der Waals surface area contributed by atoms with Gasteiger partial charge in [-0.05, 0) is 30.5 Å². The van der Waals surface area contributed by atoms with Crippen LogP contribution in [-0.4, -0.2) is 13.1 Å². The van der Waals surface area contributed by atoms with Crippen LogP contribution in [0.1, 0.15) is 38.3 Å². The fourth-order valence-electron chi connectivity index (χ4n) is 1.78. The van der Waals surface area contributed by atoms with Crippen LogP contribution in [0.5, 0.6) is 0 Å². The molecule has 0 aliphatic heterocycles. The van der Waals surface area contributed by atoms with Crippen molar-refractivity contribution >= 4 is 6.08 Å². The van der Waals surface area contributed by atoms with E-state index in [0.29, 0.717) is 0 Å². The van der Waals surface area contributed by atoms with E-state index in [2.05, 4.69) is 56.4 Å². The molecule has 0 heterocycles. The van der Waals surface area contributed by atoms with Crippen molar-refractivity contribution in [2.45, 2.75) is 33.6 Å². The van der Waals surface area contributed by atoms with E-state index in [0.717, 1.165) is 25.9 Å². The SMILES string of the molecule is CCNCC(=Cc1ccccc1CC)CC. The third-order valence-electron chi connectivity index (χ3n) is 2.85. The van der Waals surface area contributed by atoms with Gasteiger partial charge in [0.15, 0.2) is 0 Å². The number of likely N-dealkylation sites (N-methyl/N-ethyl adjacent to an activating group) is 1. The van der Waals surface area contributed by atoms with Crippen LogP contribution in [0.4, 0.5) is 0 Å². The van der Waals surface area contributed by atoms with E-state index in [1.165, 1.54) is 16.7 Å². The lowest BCUT2D eigenvalue weighted by molar-refractivity contribution is 0.762. The van der Waals surface area contributed by atoms with E-state index in [1.54, 1.807) is 0 Å². The summed E-state index contributed by atoms with van der Waals surface area (Å²) in [6.45, 7) is 8.62. The summed E-state index contributed by atoms with van der Waals surface area (Å²) in [5, 5.41) is 3.39. The Bertz CT molecular complexity index is 339. The minimum absolute atomic E-state index is 1.01. The Morgan fingerprint density at radius 1 is 1.19 bits per heavy atom. The average molecular weight is 217 g/mol. The van der Waals surface area contributed by atoms with Gasteiger partial charge in [0.2, 0.25) is 0 Å². The first-order valence-electron chi connectivity index (χ1n) is 6.29. The second-order valence-electron chi connectivity index (χ2n) is 3.99. The molecule has 88 valence electrons. The van der Waals surface area contributed by atoms with Gasteiger partial charge in [-0.2, -0.15) is 0 Å². The number of benzene rings is 1. The van der Waals surface area contributed by atoms with Gasteiger partial charge in [-0.1, -0.05) is 56.7 Å². The van der Waals surface area contributed by atoms with Gasteiger partial charge in [0, 0.05) is 6.54 Å². The highest BCUT2D eigenvalue weighted by molar-refractivity contribution is 5.57. The number of hydrogen-bond acceptors (Lipinski definition) is 1. The standard InChI is InChI=1S/C15H23N/c1-4-13(12-16-6-3)11-15-10-8-7-9-14(15)5-2/h7-11,16H,4-6,12H2,1-3H3. The van der Waals surface area contributed by atoms with Gasteiger partial charge in [0.05, 0.1) is 0 Å². The van der Waals surface area contributed by atoms with E-state index < -0.39 is 0 Å². The Morgan fingerprint density at radius 2 is 1.94 bits per heavy atom. The molecule has 0 fully saturated rings. The quantitative estimate of drug-likeness (QED) is 0.767. The van der Waals surface area contributed by atoms with Crippen molar-refractivity contribution in [3.05, 3.63) is 41.0 Å². The van der Waals surface area contributed by atoms with Crippen molar-refractivity contribution in [2.24, 2.45) is 0 Å². The van der Waals surface area contributed by atoms with Crippen molar-refractivity contribution in [3.63, 3.8) is 0 Å². The zero-order valence-electron chi connectivity index (χ0n) is 10.7. The molecule has 0 spiro atoms. The van der Waals surface area contributed by atoms with E-state index in [4.69, 9.17) is 0 Å². The highest BCUT2D eigenvalue weighted by atomic mass is 14.8. The number of rotatable bonds is 6. The first-order chi connectivity index (χ1) is 7.81. The van der Waals surface area contributed by atoms with Gasteiger partial charge >= 0.3 is 0 Å². The van der Waals surface area contributed by atoms with E-state index in [1.807, 2.05) is 0 Å². The Hall–Kier alpha value is -1.08. The summed E-state index contributed by atoms with van der Waals surface area (Å²) in [5.41, 5.74) is 4.28. The van der Waals surface area contributed by atoms with Gasteiger partial charge in [0.1, 0.15) is 0 Å². The molecule has 16 heavy (non-hydrogen) atoms. The molecule has 1 aromatic rings. The zero-order valence-corrected chi connectivity index (χ0v) is 10.7. The lowest BCUT2D eigenvalue weighted by Crippen LogP contribution is -2.15. The molecule has 1 N–H and O–H groups in total. The van der Waals surface area contributed by atoms with Crippen LogP contribution < -0.4 is 5.32 Å². The molecule has 0 saturated carbocycles. The minimum atomic E-state index is 1.01. The highest BCUT2D eigenvalue weighted by Crippen LogP contribution is 2.14. The summed E-state index contributed by atoms with van der Waals surface area (Å²) < 4.78 is 0. The topological polar surface area (TPSA) is 12.0 Å². The van der Waals surface area contributed by atoms with Crippen LogP contribution in [0, 0.1) is 0 Å². The van der Waals surface area contributed by atoms with Gasteiger partial charge in [-0.15, -0.1) is 0 Å². The normalized spacial score (nSPS) is 11.8. The Morgan fingerprint density at radius 3 is 2.56 bits per heavy atom. The molecular weight excluding hydrogens is 194 g/mol. The summed E-state index contributed by atoms with van der Waals surface area (Å²) in [5.74, 6) is 0. The average Bonchev–Trinajstić information content (AvgIpc) is 2.34. The molecule has 0 aromatic heterocycles. The van der Waals surface area contributed by atoms with Crippen molar-refractivity contribution in [1.29, 1.82) is 0 Å². The molecule has 1 aromatic carbocycles. The molecular formula is C15H23N. The molecule has 0 saturated heterocycles. The predicted molar refractivity (Wildman–Crippen MR) is 72.6 cm³/mol. The van der Waals surface area contributed by atoms with Crippen LogP contribution >= 0.6 is 0 Å². The largest absolute Gasteiger partial charge is 0.313 e. The van der Waals surface area contributed by atoms with E-state index >= 15 is 0 Å². The summed E-state index contributed by atoms with van der Waals surface area (Å²) in [7, 11) is 0. The molecule has 0 unspecified atom stereocenters. The van der Waals surface area contributed by atoms with Crippen LogP contribution in [-0.2, 0) is 6.42 Å². The smallest absolute Gasteiger partial charge is 0.0167 e. The van der Waals surface area contributed by atoms with E-state index in [-0.39, 0.29) is 0 Å². The lowest BCUT2D eigenvalue weighted by Gasteiger charge is -2.08. The van der Waals surface area contributed by atoms with Gasteiger partial charge in [-0.3, -0.25) is 0 Å². The molecule has 0 atom stereocenters. The second-order valence-corrected chi connectivity index (χ2v) is 3.99. The Kier molecular flexibility index (Phi) is 5.87. The van der Waals surface area contributed by atoms with Crippen molar-refractivity contribution in [2.75, 3.05) is 13.1 Å². The third kappa shape index (κ3) is 3.82. The summed E-state index contributed by atoms with van der Waals surface area (Å²) >= 11 is 0. The fraction of sp³-hybridized carbons (Fsp3) is 0.467. The maximum absolute atomic E-state index is 3.39. The Labute approximate surface area is 99.6 Å².